The molecule has 0 atom stereocenters. The van der Waals surface area contributed by atoms with Gasteiger partial charge in [-0.2, -0.15) is 0 Å². The summed E-state index contributed by atoms with van der Waals surface area (Å²) in [6.07, 6.45) is 5.70. The van der Waals surface area contributed by atoms with Crippen LogP contribution in [0.4, 0.5) is 5.69 Å². The van der Waals surface area contributed by atoms with Gasteiger partial charge in [0.15, 0.2) is 0 Å². The summed E-state index contributed by atoms with van der Waals surface area (Å²) >= 11 is 0. The van der Waals surface area contributed by atoms with Crippen LogP contribution >= 0.6 is 0 Å². The van der Waals surface area contributed by atoms with E-state index in [1.807, 2.05) is 12.1 Å². The van der Waals surface area contributed by atoms with Gasteiger partial charge in [-0.15, -0.1) is 0 Å². The van der Waals surface area contributed by atoms with Crippen LogP contribution in [0.3, 0.4) is 0 Å². The van der Waals surface area contributed by atoms with Crippen LogP contribution < -0.4 is 11.1 Å². The number of hydrogen-bond donors (Lipinski definition) is 3. The number of ether oxygens (including phenoxy) is 1. The van der Waals surface area contributed by atoms with Gasteiger partial charge in [-0.05, 0) is 30.4 Å². The van der Waals surface area contributed by atoms with Crippen molar-refractivity contribution in [3.8, 4) is 0 Å². The average Bonchev–Trinajstić information content (AvgIpc) is 3.18. The number of anilines is 1. The highest BCUT2D eigenvalue weighted by molar-refractivity contribution is 5.84. The molecule has 0 spiro atoms. The van der Waals surface area contributed by atoms with Crippen LogP contribution in [-0.4, -0.2) is 12.9 Å². The molecule has 18 heavy (non-hydrogen) atoms. The van der Waals surface area contributed by atoms with Crippen molar-refractivity contribution in [2.24, 2.45) is 0 Å². The Morgan fingerprint density at radius 2 is 2.33 bits per heavy atom. The zero-order chi connectivity index (χ0) is 13.0. The van der Waals surface area contributed by atoms with Gasteiger partial charge in [0.1, 0.15) is 6.61 Å². The van der Waals surface area contributed by atoms with E-state index in [1.54, 1.807) is 19.3 Å². The largest absolute Gasteiger partial charge is 0.473 e. The first kappa shape index (κ1) is 12.5. The van der Waals surface area contributed by atoms with Gasteiger partial charge in [-0.3, -0.25) is 5.41 Å². The van der Waals surface area contributed by atoms with E-state index in [-0.39, 0.29) is 5.90 Å². The molecule has 0 bridgehead atoms. The minimum atomic E-state index is 0.134. The SMILES string of the molecule is CN/C=C\C(=N)OCc1c(N)cccc1C1CC1. The molecule has 4 heteroatoms. The molecular weight excluding hydrogens is 226 g/mol. The number of nitrogens with two attached hydrogens (primary N) is 1. The number of rotatable bonds is 5. The van der Waals surface area contributed by atoms with Crippen molar-refractivity contribution in [2.75, 3.05) is 12.8 Å². The second kappa shape index (κ2) is 5.58. The van der Waals surface area contributed by atoms with Crippen molar-refractivity contribution >= 4 is 11.6 Å². The van der Waals surface area contributed by atoms with E-state index >= 15 is 0 Å². The molecule has 2 rings (SSSR count). The second-order valence-corrected chi connectivity index (χ2v) is 4.46. The molecular formula is C14H19N3O. The minimum absolute atomic E-state index is 0.134. The number of nitrogens with one attached hydrogen (secondary N) is 2. The summed E-state index contributed by atoms with van der Waals surface area (Å²) < 4.78 is 5.41. The molecule has 4 nitrogen and oxygen atoms in total. The second-order valence-electron chi connectivity index (χ2n) is 4.46. The first-order valence-corrected chi connectivity index (χ1v) is 6.14. The Morgan fingerprint density at radius 3 is 3.00 bits per heavy atom. The lowest BCUT2D eigenvalue weighted by molar-refractivity contribution is 0.292. The molecule has 0 unspecified atom stereocenters. The van der Waals surface area contributed by atoms with E-state index in [4.69, 9.17) is 15.9 Å². The highest BCUT2D eigenvalue weighted by Crippen LogP contribution is 2.42. The average molecular weight is 245 g/mol. The summed E-state index contributed by atoms with van der Waals surface area (Å²) in [7, 11) is 1.78. The normalized spacial score (nSPS) is 14.7. The Balaban J connectivity index is 2.04. The topological polar surface area (TPSA) is 71.1 Å². The van der Waals surface area contributed by atoms with E-state index in [0.29, 0.717) is 12.5 Å². The summed E-state index contributed by atoms with van der Waals surface area (Å²) in [5, 5.41) is 10.4. The molecule has 1 aliphatic rings. The summed E-state index contributed by atoms with van der Waals surface area (Å²) in [6.45, 7) is 0.366. The van der Waals surface area contributed by atoms with E-state index in [9.17, 15) is 0 Å². The third-order valence-electron chi connectivity index (χ3n) is 3.04. The summed E-state index contributed by atoms with van der Waals surface area (Å²) in [5.74, 6) is 0.767. The van der Waals surface area contributed by atoms with Crippen molar-refractivity contribution in [3.05, 3.63) is 41.6 Å². The van der Waals surface area contributed by atoms with E-state index in [2.05, 4.69) is 11.4 Å². The van der Waals surface area contributed by atoms with E-state index < -0.39 is 0 Å². The fraction of sp³-hybridized carbons (Fsp3) is 0.357. The van der Waals surface area contributed by atoms with Gasteiger partial charge < -0.3 is 15.8 Å². The molecule has 0 saturated heterocycles. The lowest BCUT2D eigenvalue weighted by Crippen LogP contribution is -2.06. The predicted molar refractivity (Wildman–Crippen MR) is 73.5 cm³/mol. The maximum Gasteiger partial charge on any atom is 0.207 e. The Kier molecular flexibility index (Phi) is 3.87. The van der Waals surface area contributed by atoms with Crippen LogP contribution in [0.2, 0.25) is 0 Å². The molecule has 0 aliphatic heterocycles. The maximum atomic E-state index is 7.62. The number of nitrogen functional groups attached to an aromatic ring is 1. The molecule has 0 aromatic heterocycles. The molecule has 0 amide bonds. The Labute approximate surface area is 107 Å². The van der Waals surface area contributed by atoms with Crippen LogP contribution in [0.1, 0.15) is 29.9 Å². The molecule has 1 saturated carbocycles. The number of hydrogen-bond acceptors (Lipinski definition) is 4. The first-order chi connectivity index (χ1) is 8.72. The van der Waals surface area contributed by atoms with E-state index in [1.165, 1.54) is 18.4 Å². The van der Waals surface area contributed by atoms with Crippen LogP contribution in [0.25, 0.3) is 0 Å². The predicted octanol–water partition coefficient (Wildman–Crippen LogP) is 2.37. The molecule has 1 fully saturated rings. The van der Waals surface area contributed by atoms with Crippen molar-refractivity contribution in [1.29, 1.82) is 5.41 Å². The van der Waals surface area contributed by atoms with E-state index in [0.717, 1.165) is 11.3 Å². The van der Waals surface area contributed by atoms with Gasteiger partial charge in [-0.1, -0.05) is 12.1 Å². The third-order valence-corrected chi connectivity index (χ3v) is 3.04. The quantitative estimate of drug-likeness (QED) is 0.423. The van der Waals surface area contributed by atoms with Crippen molar-refractivity contribution in [1.82, 2.24) is 5.32 Å². The van der Waals surface area contributed by atoms with Gasteiger partial charge in [0.25, 0.3) is 0 Å². The van der Waals surface area contributed by atoms with Crippen LogP contribution in [0, 0.1) is 5.41 Å². The molecule has 0 heterocycles. The molecule has 4 N–H and O–H groups in total. The van der Waals surface area contributed by atoms with Gasteiger partial charge in [0.05, 0.1) is 0 Å². The molecule has 1 aromatic carbocycles. The van der Waals surface area contributed by atoms with Crippen molar-refractivity contribution in [3.63, 3.8) is 0 Å². The van der Waals surface area contributed by atoms with Crippen molar-refractivity contribution in [2.45, 2.75) is 25.4 Å². The highest BCUT2D eigenvalue weighted by atomic mass is 16.5. The first-order valence-electron chi connectivity index (χ1n) is 6.14. The van der Waals surface area contributed by atoms with Gasteiger partial charge in [-0.25, -0.2) is 0 Å². The van der Waals surface area contributed by atoms with Gasteiger partial charge >= 0.3 is 0 Å². The zero-order valence-corrected chi connectivity index (χ0v) is 10.6. The molecule has 0 radical (unpaired) electrons. The van der Waals surface area contributed by atoms with Crippen LogP contribution in [-0.2, 0) is 11.3 Å². The zero-order valence-electron chi connectivity index (χ0n) is 10.6. The number of benzene rings is 1. The highest BCUT2D eigenvalue weighted by Gasteiger charge is 2.26. The molecule has 1 aromatic rings. The lowest BCUT2D eigenvalue weighted by atomic mass is 10.0. The minimum Gasteiger partial charge on any atom is -0.473 e. The molecule has 96 valence electrons. The van der Waals surface area contributed by atoms with Gasteiger partial charge in [0.2, 0.25) is 5.90 Å². The fourth-order valence-corrected chi connectivity index (χ4v) is 1.92. The fourth-order valence-electron chi connectivity index (χ4n) is 1.92. The van der Waals surface area contributed by atoms with Crippen LogP contribution in [0.15, 0.2) is 30.5 Å². The maximum absolute atomic E-state index is 7.62. The standard InChI is InChI=1S/C14H19N3O/c1-17-8-7-14(16)18-9-12-11(10-5-6-10)3-2-4-13(12)15/h2-4,7-8,10,16-17H,5-6,9,15H2,1H3/b8-7-,16-14?. The lowest BCUT2D eigenvalue weighted by Gasteiger charge is -2.12. The van der Waals surface area contributed by atoms with Crippen molar-refractivity contribution < 1.29 is 4.74 Å². The molecule has 1 aliphatic carbocycles. The van der Waals surface area contributed by atoms with Crippen LogP contribution in [0.5, 0.6) is 0 Å². The summed E-state index contributed by atoms with van der Waals surface area (Å²) in [5.41, 5.74) is 9.06. The summed E-state index contributed by atoms with van der Waals surface area (Å²) in [4.78, 5) is 0. The monoisotopic (exact) mass is 245 g/mol. The van der Waals surface area contributed by atoms with Gasteiger partial charge in [0, 0.05) is 30.6 Å². The summed E-state index contributed by atoms with van der Waals surface area (Å²) in [6, 6.07) is 5.98. The Morgan fingerprint density at radius 1 is 1.56 bits per heavy atom. The Bertz CT molecular complexity index is 464. The Hall–Kier alpha value is -1.97. The smallest absolute Gasteiger partial charge is 0.207 e. The third kappa shape index (κ3) is 3.03.